The lowest BCUT2D eigenvalue weighted by atomic mass is 9.86. The van der Waals surface area contributed by atoms with Crippen molar-refractivity contribution in [1.29, 1.82) is 0 Å². The summed E-state index contributed by atoms with van der Waals surface area (Å²) in [4.78, 5) is 0. The molecule has 0 amide bonds. The number of rotatable bonds is 4. The summed E-state index contributed by atoms with van der Waals surface area (Å²) in [5.41, 5.74) is 2.56. The molecule has 0 saturated carbocycles. The second kappa shape index (κ2) is 4.40. The van der Waals surface area contributed by atoms with Crippen molar-refractivity contribution in [3.8, 4) is 0 Å². The van der Waals surface area contributed by atoms with Crippen molar-refractivity contribution in [3.05, 3.63) is 23.5 Å². The third-order valence-corrected chi connectivity index (χ3v) is 3.08. The molecule has 0 aromatic carbocycles. The summed E-state index contributed by atoms with van der Waals surface area (Å²) in [7, 11) is 1.72. The molecule has 1 aliphatic rings. The minimum absolute atomic E-state index is 0.0317. The number of ether oxygens (including phenoxy) is 2. The molecule has 0 aromatic heterocycles. The van der Waals surface area contributed by atoms with Crippen LogP contribution in [0.2, 0.25) is 0 Å². The fourth-order valence-corrected chi connectivity index (χ4v) is 1.74. The molecule has 1 atom stereocenters. The minimum atomic E-state index is 0.0317. The maximum Gasteiger partial charge on any atom is 0.125 e. The van der Waals surface area contributed by atoms with Gasteiger partial charge in [-0.25, -0.2) is 0 Å². The van der Waals surface area contributed by atoms with Gasteiger partial charge in [0.05, 0.1) is 6.61 Å². The maximum atomic E-state index is 5.75. The van der Waals surface area contributed by atoms with E-state index in [1.54, 1.807) is 7.11 Å². The van der Waals surface area contributed by atoms with Gasteiger partial charge in [-0.1, -0.05) is 19.4 Å². The Morgan fingerprint density at radius 3 is 2.53 bits per heavy atom. The van der Waals surface area contributed by atoms with Gasteiger partial charge >= 0.3 is 0 Å². The van der Waals surface area contributed by atoms with E-state index in [9.17, 15) is 0 Å². The SMILES string of the molecule is C=C(C)CC(OC)C1=C(C)C(C)(C)CO1. The van der Waals surface area contributed by atoms with E-state index in [1.165, 1.54) is 5.57 Å². The summed E-state index contributed by atoms with van der Waals surface area (Å²) in [5, 5.41) is 0. The maximum absolute atomic E-state index is 5.75. The smallest absolute Gasteiger partial charge is 0.125 e. The van der Waals surface area contributed by atoms with Gasteiger partial charge in [0.2, 0.25) is 0 Å². The summed E-state index contributed by atoms with van der Waals surface area (Å²) in [6, 6.07) is 0. The Morgan fingerprint density at radius 2 is 2.20 bits per heavy atom. The van der Waals surface area contributed by atoms with Crippen LogP contribution in [0.25, 0.3) is 0 Å². The van der Waals surface area contributed by atoms with Gasteiger partial charge in [0.15, 0.2) is 0 Å². The van der Waals surface area contributed by atoms with Gasteiger partial charge in [-0.3, -0.25) is 0 Å². The first-order valence-electron chi connectivity index (χ1n) is 5.39. The molecule has 0 bridgehead atoms. The fraction of sp³-hybridized carbons (Fsp3) is 0.692. The molecule has 0 spiro atoms. The lowest BCUT2D eigenvalue weighted by molar-refractivity contribution is 0.0661. The van der Waals surface area contributed by atoms with Gasteiger partial charge in [-0.05, 0) is 19.4 Å². The summed E-state index contributed by atoms with van der Waals surface area (Å²) in [6.07, 6.45) is 0.864. The highest BCUT2D eigenvalue weighted by Crippen LogP contribution is 2.38. The number of methoxy groups -OCH3 is 1. The van der Waals surface area contributed by atoms with Gasteiger partial charge in [0.25, 0.3) is 0 Å². The van der Waals surface area contributed by atoms with Crippen LogP contribution < -0.4 is 0 Å². The predicted molar refractivity (Wildman–Crippen MR) is 62.7 cm³/mol. The largest absolute Gasteiger partial charge is 0.494 e. The molecule has 0 radical (unpaired) electrons. The van der Waals surface area contributed by atoms with Crippen molar-refractivity contribution < 1.29 is 9.47 Å². The van der Waals surface area contributed by atoms with Gasteiger partial charge in [0, 0.05) is 18.9 Å². The molecule has 0 aliphatic carbocycles. The number of hydrogen-bond donors (Lipinski definition) is 0. The van der Waals surface area contributed by atoms with Crippen LogP contribution in [-0.2, 0) is 9.47 Å². The molecular weight excluding hydrogens is 188 g/mol. The van der Waals surface area contributed by atoms with E-state index in [0.29, 0.717) is 0 Å². The average Bonchev–Trinajstić information content (AvgIpc) is 2.39. The van der Waals surface area contributed by atoms with Crippen molar-refractivity contribution in [2.75, 3.05) is 13.7 Å². The first-order valence-corrected chi connectivity index (χ1v) is 5.39. The van der Waals surface area contributed by atoms with Gasteiger partial charge in [0.1, 0.15) is 11.9 Å². The second-order valence-corrected chi connectivity index (χ2v) is 5.05. The Balaban J connectivity index is 2.86. The van der Waals surface area contributed by atoms with Gasteiger partial charge in [-0.2, -0.15) is 0 Å². The van der Waals surface area contributed by atoms with Crippen molar-refractivity contribution in [3.63, 3.8) is 0 Å². The van der Waals surface area contributed by atoms with Crippen LogP contribution in [0, 0.1) is 5.41 Å². The molecule has 0 fully saturated rings. The molecule has 86 valence electrons. The minimum Gasteiger partial charge on any atom is -0.494 e. The van der Waals surface area contributed by atoms with Crippen LogP contribution in [0.15, 0.2) is 23.5 Å². The molecule has 1 heterocycles. The van der Waals surface area contributed by atoms with Crippen molar-refractivity contribution in [2.45, 2.75) is 40.2 Å². The Labute approximate surface area is 93.0 Å². The van der Waals surface area contributed by atoms with Crippen molar-refractivity contribution in [2.24, 2.45) is 5.41 Å². The van der Waals surface area contributed by atoms with E-state index in [0.717, 1.165) is 24.4 Å². The van der Waals surface area contributed by atoms with E-state index in [-0.39, 0.29) is 11.5 Å². The van der Waals surface area contributed by atoms with Gasteiger partial charge < -0.3 is 9.47 Å². The van der Waals surface area contributed by atoms with Crippen LogP contribution in [0.5, 0.6) is 0 Å². The highest BCUT2D eigenvalue weighted by molar-refractivity contribution is 5.23. The van der Waals surface area contributed by atoms with Crippen LogP contribution in [0.1, 0.15) is 34.1 Å². The molecule has 1 aliphatic heterocycles. The molecule has 1 rings (SSSR count). The third kappa shape index (κ3) is 2.63. The van der Waals surface area contributed by atoms with E-state index in [1.807, 2.05) is 6.92 Å². The zero-order valence-corrected chi connectivity index (χ0v) is 10.5. The molecule has 0 saturated heterocycles. The predicted octanol–water partition coefficient (Wildman–Crippen LogP) is 3.30. The average molecular weight is 210 g/mol. The summed E-state index contributed by atoms with van der Waals surface area (Å²) in [6.45, 7) is 13.2. The van der Waals surface area contributed by atoms with Crippen molar-refractivity contribution >= 4 is 0 Å². The lowest BCUT2D eigenvalue weighted by Crippen LogP contribution is -2.15. The Kier molecular flexibility index (Phi) is 3.61. The highest BCUT2D eigenvalue weighted by Gasteiger charge is 2.34. The third-order valence-electron chi connectivity index (χ3n) is 3.08. The standard InChI is InChI=1S/C13H22O2/c1-9(2)7-11(14-6)12-10(3)13(4,5)8-15-12/h11H,1,7-8H2,2-6H3. The Hall–Kier alpha value is -0.760. The zero-order valence-electron chi connectivity index (χ0n) is 10.5. The molecular formula is C13H22O2. The summed E-state index contributed by atoms with van der Waals surface area (Å²) in [5.74, 6) is 1.01. The van der Waals surface area contributed by atoms with E-state index in [2.05, 4.69) is 27.4 Å². The van der Waals surface area contributed by atoms with Crippen LogP contribution in [0.4, 0.5) is 0 Å². The van der Waals surface area contributed by atoms with Gasteiger partial charge in [-0.15, -0.1) is 6.58 Å². The lowest BCUT2D eigenvalue weighted by Gasteiger charge is -2.18. The van der Waals surface area contributed by atoms with Crippen molar-refractivity contribution in [1.82, 2.24) is 0 Å². The van der Waals surface area contributed by atoms with Crippen LogP contribution in [-0.4, -0.2) is 19.8 Å². The van der Waals surface area contributed by atoms with E-state index in [4.69, 9.17) is 9.47 Å². The topological polar surface area (TPSA) is 18.5 Å². The first-order chi connectivity index (χ1) is 6.88. The van der Waals surface area contributed by atoms with Crippen LogP contribution >= 0.6 is 0 Å². The molecule has 1 unspecified atom stereocenters. The van der Waals surface area contributed by atoms with E-state index < -0.39 is 0 Å². The molecule has 0 N–H and O–H groups in total. The summed E-state index contributed by atoms with van der Waals surface area (Å²) >= 11 is 0. The highest BCUT2D eigenvalue weighted by atomic mass is 16.5. The fourth-order valence-electron chi connectivity index (χ4n) is 1.74. The number of hydrogen-bond acceptors (Lipinski definition) is 2. The second-order valence-electron chi connectivity index (χ2n) is 5.05. The molecule has 2 nitrogen and oxygen atoms in total. The Morgan fingerprint density at radius 1 is 1.60 bits per heavy atom. The zero-order chi connectivity index (χ0) is 11.6. The molecule has 15 heavy (non-hydrogen) atoms. The summed E-state index contributed by atoms with van der Waals surface area (Å²) < 4.78 is 11.2. The normalized spacial score (nSPS) is 21.4. The molecule has 0 aromatic rings. The van der Waals surface area contributed by atoms with E-state index >= 15 is 0 Å². The quantitative estimate of drug-likeness (QED) is 0.663. The van der Waals surface area contributed by atoms with Crippen LogP contribution in [0.3, 0.4) is 0 Å². The first kappa shape index (κ1) is 12.3. The molecule has 2 heteroatoms. The monoisotopic (exact) mass is 210 g/mol. The Bertz CT molecular complexity index is 287.